The number of anilines is 1. The average molecular weight is 400 g/mol. The number of aryl methyl sites for hydroxylation is 3. The van der Waals surface area contributed by atoms with Crippen molar-refractivity contribution in [2.75, 3.05) is 12.4 Å². The van der Waals surface area contributed by atoms with Gasteiger partial charge in [0, 0.05) is 23.3 Å². The second-order valence-corrected chi connectivity index (χ2v) is 8.37. The summed E-state index contributed by atoms with van der Waals surface area (Å²) >= 11 is 1.34. The monoisotopic (exact) mass is 399 g/mol. The van der Waals surface area contributed by atoms with Crippen molar-refractivity contribution in [2.45, 2.75) is 52.4 Å². The van der Waals surface area contributed by atoms with Crippen molar-refractivity contribution in [3.05, 3.63) is 50.9 Å². The molecule has 1 aromatic carbocycles. The number of benzene rings is 1. The lowest BCUT2D eigenvalue weighted by molar-refractivity contribution is -0.116. The van der Waals surface area contributed by atoms with Crippen LogP contribution in [-0.4, -0.2) is 24.8 Å². The zero-order valence-corrected chi connectivity index (χ0v) is 17.3. The molecule has 1 N–H and O–H groups in total. The number of thiophene rings is 1. The van der Waals surface area contributed by atoms with Crippen LogP contribution in [0.4, 0.5) is 5.00 Å². The third kappa shape index (κ3) is 4.33. The molecule has 1 amide bonds. The highest BCUT2D eigenvalue weighted by atomic mass is 32.1. The Kier molecular flexibility index (Phi) is 6.29. The van der Waals surface area contributed by atoms with Gasteiger partial charge in [0.1, 0.15) is 5.00 Å². The molecule has 0 saturated carbocycles. The number of fused-ring (bicyclic) bond motifs is 1. The highest BCUT2D eigenvalue weighted by Crippen LogP contribution is 2.33. The first-order valence-corrected chi connectivity index (χ1v) is 10.4. The number of hydrogen-bond acceptors (Lipinski definition) is 5. The third-order valence-corrected chi connectivity index (χ3v) is 6.40. The van der Waals surface area contributed by atoms with Gasteiger partial charge in [0.05, 0.1) is 12.7 Å². The minimum absolute atomic E-state index is 0.0322. The van der Waals surface area contributed by atoms with Crippen molar-refractivity contribution in [1.82, 2.24) is 0 Å². The molecule has 0 saturated heterocycles. The lowest BCUT2D eigenvalue weighted by atomic mass is 9.89. The Hall–Kier alpha value is -2.47. The molecule has 0 atom stereocenters. The number of rotatable bonds is 6. The van der Waals surface area contributed by atoms with Crippen LogP contribution >= 0.6 is 11.3 Å². The minimum atomic E-state index is -0.470. The first kappa shape index (κ1) is 20.3. The second kappa shape index (κ2) is 8.69. The number of amides is 1. The lowest BCUT2D eigenvalue weighted by Gasteiger charge is -2.16. The molecule has 2 aromatic rings. The normalized spacial score (nSPS) is 13.0. The fourth-order valence-electron chi connectivity index (χ4n) is 3.53. The summed E-state index contributed by atoms with van der Waals surface area (Å²) in [5.74, 6) is -0.782. The van der Waals surface area contributed by atoms with Crippen molar-refractivity contribution >= 4 is 34.0 Å². The van der Waals surface area contributed by atoms with Gasteiger partial charge in [-0.2, -0.15) is 0 Å². The molecule has 6 heteroatoms. The molecule has 0 aliphatic heterocycles. The Labute approximate surface area is 169 Å². The molecule has 3 rings (SSSR count). The Bertz CT molecular complexity index is 929. The van der Waals surface area contributed by atoms with Crippen molar-refractivity contribution in [3.63, 3.8) is 0 Å². The number of nitrogens with one attached hydrogen (secondary N) is 1. The Morgan fingerprint density at radius 2 is 1.79 bits per heavy atom. The molecule has 0 spiro atoms. The van der Waals surface area contributed by atoms with E-state index in [-0.39, 0.29) is 24.5 Å². The fourth-order valence-corrected chi connectivity index (χ4v) is 4.59. The van der Waals surface area contributed by atoms with Crippen LogP contribution in [0.3, 0.4) is 0 Å². The summed E-state index contributed by atoms with van der Waals surface area (Å²) in [5, 5.41) is 3.25. The van der Waals surface area contributed by atoms with Gasteiger partial charge in [-0.05, 0) is 62.3 Å². The van der Waals surface area contributed by atoms with Gasteiger partial charge in [-0.25, -0.2) is 4.79 Å². The molecule has 148 valence electrons. The maximum absolute atomic E-state index is 12.5. The highest BCUT2D eigenvalue weighted by molar-refractivity contribution is 7.16. The SMILES string of the molecule is COC(=O)c1c(NC(=O)CCC(=O)c2ccc3c(c2)CCCC3)sc(C)c1C. The molecule has 0 bridgehead atoms. The number of methoxy groups -OCH3 is 1. The first-order valence-electron chi connectivity index (χ1n) is 9.54. The van der Waals surface area contributed by atoms with Crippen LogP contribution < -0.4 is 5.32 Å². The topological polar surface area (TPSA) is 72.5 Å². The summed E-state index contributed by atoms with van der Waals surface area (Å²) in [6, 6.07) is 5.89. The third-order valence-electron chi connectivity index (χ3n) is 5.28. The van der Waals surface area contributed by atoms with Crippen LogP contribution in [-0.2, 0) is 22.4 Å². The molecule has 1 aliphatic rings. The van der Waals surface area contributed by atoms with Gasteiger partial charge in [-0.1, -0.05) is 12.1 Å². The van der Waals surface area contributed by atoms with Crippen LogP contribution in [0.15, 0.2) is 18.2 Å². The number of ether oxygens (including phenoxy) is 1. The average Bonchev–Trinajstić information content (AvgIpc) is 2.98. The van der Waals surface area contributed by atoms with E-state index in [1.165, 1.54) is 36.0 Å². The molecule has 1 heterocycles. The fraction of sp³-hybridized carbons (Fsp3) is 0.409. The Morgan fingerprint density at radius 1 is 1.07 bits per heavy atom. The van der Waals surface area contributed by atoms with Gasteiger partial charge in [0.2, 0.25) is 5.91 Å². The summed E-state index contributed by atoms with van der Waals surface area (Å²) in [4.78, 5) is 37.8. The minimum Gasteiger partial charge on any atom is -0.465 e. The molecule has 5 nitrogen and oxygen atoms in total. The summed E-state index contributed by atoms with van der Waals surface area (Å²) < 4.78 is 4.82. The second-order valence-electron chi connectivity index (χ2n) is 7.14. The molecular weight excluding hydrogens is 374 g/mol. The largest absolute Gasteiger partial charge is 0.465 e. The van der Waals surface area contributed by atoms with E-state index < -0.39 is 5.97 Å². The van der Waals surface area contributed by atoms with E-state index in [2.05, 4.69) is 5.32 Å². The Balaban J connectivity index is 1.63. The molecule has 0 unspecified atom stereocenters. The van der Waals surface area contributed by atoms with Gasteiger partial charge in [0.25, 0.3) is 0 Å². The maximum atomic E-state index is 12.5. The first-order chi connectivity index (χ1) is 13.4. The van der Waals surface area contributed by atoms with Crippen molar-refractivity contribution in [1.29, 1.82) is 0 Å². The van der Waals surface area contributed by atoms with E-state index in [4.69, 9.17) is 4.74 Å². The van der Waals surface area contributed by atoms with E-state index in [9.17, 15) is 14.4 Å². The van der Waals surface area contributed by atoms with Crippen LogP contribution in [0.1, 0.15) is 68.0 Å². The lowest BCUT2D eigenvalue weighted by Crippen LogP contribution is -2.15. The van der Waals surface area contributed by atoms with Crippen LogP contribution in [0, 0.1) is 13.8 Å². The van der Waals surface area contributed by atoms with E-state index in [1.54, 1.807) is 0 Å². The van der Waals surface area contributed by atoms with Crippen molar-refractivity contribution in [2.24, 2.45) is 0 Å². The van der Waals surface area contributed by atoms with Gasteiger partial charge < -0.3 is 10.1 Å². The van der Waals surface area contributed by atoms with Gasteiger partial charge in [-0.3, -0.25) is 9.59 Å². The van der Waals surface area contributed by atoms with E-state index in [0.29, 0.717) is 16.1 Å². The van der Waals surface area contributed by atoms with E-state index in [1.807, 2.05) is 32.0 Å². The van der Waals surface area contributed by atoms with Crippen molar-refractivity contribution < 1.29 is 19.1 Å². The van der Waals surface area contributed by atoms with Gasteiger partial charge >= 0.3 is 5.97 Å². The van der Waals surface area contributed by atoms with E-state index >= 15 is 0 Å². The molecule has 0 radical (unpaired) electrons. The quantitative estimate of drug-likeness (QED) is 0.568. The molecule has 0 fully saturated rings. The highest BCUT2D eigenvalue weighted by Gasteiger charge is 2.22. The summed E-state index contributed by atoms with van der Waals surface area (Å²) in [7, 11) is 1.32. The van der Waals surface area contributed by atoms with E-state index in [0.717, 1.165) is 29.7 Å². The predicted molar refractivity (Wildman–Crippen MR) is 110 cm³/mol. The van der Waals surface area contributed by atoms with Crippen molar-refractivity contribution in [3.8, 4) is 0 Å². The molecule has 1 aromatic heterocycles. The number of Topliss-reactive ketones (excluding diaryl/α,β-unsaturated/α-hetero) is 1. The van der Waals surface area contributed by atoms with Crippen LogP contribution in [0.2, 0.25) is 0 Å². The number of hydrogen-bond donors (Lipinski definition) is 1. The maximum Gasteiger partial charge on any atom is 0.341 e. The summed E-state index contributed by atoms with van der Waals surface area (Å²) in [6.45, 7) is 3.72. The molecular formula is C22H25NO4S. The van der Waals surface area contributed by atoms with Gasteiger partial charge in [-0.15, -0.1) is 11.3 Å². The standard InChI is InChI=1S/C22H25NO4S/c1-13-14(2)28-21(20(13)22(26)27-3)23-19(25)11-10-18(24)17-9-8-15-6-4-5-7-16(15)12-17/h8-9,12H,4-7,10-11H2,1-3H3,(H,23,25). The van der Waals surface area contributed by atoms with Gasteiger partial charge in [0.15, 0.2) is 5.78 Å². The zero-order chi connectivity index (χ0) is 20.3. The number of carbonyl (C=O) groups excluding carboxylic acids is 3. The number of carbonyl (C=O) groups is 3. The summed E-state index contributed by atoms with van der Waals surface area (Å²) in [5.41, 5.74) is 4.45. The number of esters is 1. The molecule has 1 aliphatic carbocycles. The van der Waals surface area contributed by atoms with Crippen LogP contribution in [0.5, 0.6) is 0 Å². The molecule has 28 heavy (non-hydrogen) atoms. The zero-order valence-electron chi connectivity index (χ0n) is 16.5. The Morgan fingerprint density at radius 3 is 2.50 bits per heavy atom. The number of ketones is 1. The predicted octanol–water partition coefficient (Wildman–Crippen LogP) is 4.63. The smallest absolute Gasteiger partial charge is 0.341 e. The summed E-state index contributed by atoms with van der Waals surface area (Å²) in [6.07, 6.45) is 4.68. The van der Waals surface area contributed by atoms with Crippen LogP contribution in [0.25, 0.3) is 0 Å².